The molecule has 2 heterocycles. The van der Waals surface area contributed by atoms with Gasteiger partial charge in [0.1, 0.15) is 0 Å². The number of fused-ring (bicyclic) bond motifs is 1. The number of carbonyl (C=O) groups is 1. The van der Waals surface area contributed by atoms with E-state index >= 15 is 0 Å². The summed E-state index contributed by atoms with van der Waals surface area (Å²) in [5.74, 6) is -0.0168. The molecule has 1 aliphatic rings. The number of nitrogens with one attached hydrogen (secondary N) is 1. The predicted octanol–water partition coefficient (Wildman–Crippen LogP) is 3.40. The summed E-state index contributed by atoms with van der Waals surface area (Å²) in [4.78, 5) is 14.8. The van der Waals surface area contributed by atoms with Gasteiger partial charge in [0.25, 0.3) is 5.91 Å². The molecule has 2 atom stereocenters. The first-order valence-corrected chi connectivity index (χ1v) is 8.57. The molecule has 5 heteroatoms. The number of amides is 1. The average molecular weight is 327 g/mol. The first-order chi connectivity index (χ1) is 11.5. The first kappa shape index (κ1) is 16.7. The first-order valence-electron chi connectivity index (χ1n) is 8.57. The van der Waals surface area contributed by atoms with Crippen LogP contribution >= 0.6 is 0 Å². The average Bonchev–Trinajstić information content (AvgIpc) is 2.97. The minimum absolute atomic E-state index is 0.0168. The van der Waals surface area contributed by atoms with Gasteiger partial charge in [-0.05, 0) is 33.3 Å². The third-order valence-electron chi connectivity index (χ3n) is 4.60. The molecule has 0 saturated heterocycles. The minimum atomic E-state index is -0.0509. The molecule has 0 radical (unpaired) electrons. The van der Waals surface area contributed by atoms with Crippen molar-refractivity contribution in [1.29, 1.82) is 0 Å². The van der Waals surface area contributed by atoms with E-state index in [2.05, 4.69) is 41.4 Å². The molecule has 0 unspecified atom stereocenters. The lowest BCUT2D eigenvalue weighted by Gasteiger charge is -2.26. The molecule has 0 aliphatic carbocycles. The van der Waals surface area contributed by atoms with E-state index in [1.807, 2.05) is 25.7 Å². The summed E-state index contributed by atoms with van der Waals surface area (Å²) in [5.41, 5.74) is 4.83. The number of ether oxygens (including phenoxy) is 1. The molecule has 2 aromatic rings. The number of nitrogens with zero attached hydrogens (tertiary/aromatic N) is 2. The number of aryl methyl sites for hydroxylation is 1. The third kappa shape index (κ3) is 3.22. The van der Waals surface area contributed by atoms with Crippen molar-refractivity contribution in [1.82, 2.24) is 15.1 Å². The largest absolute Gasteiger partial charge is 0.369 e. The Labute approximate surface area is 143 Å². The Morgan fingerprint density at radius 2 is 2.04 bits per heavy atom. The second kappa shape index (κ2) is 6.77. The molecule has 0 bridgehead atoms. The highest BCUT2D eigenvalue weighted by molar-refractivity contribution is 5.94. The summed E-state index contributed by atoms with van der Waals surface area (Å²) in [6.07, 6.45) is 0.771. The molecule has 1 N–H and O–H groups in total. The Bertz CT molecular complexity index is 721. The maximum Gasteiger partial charge on any atom is 0.274 e. The predicted molar refractivity (Wildman–Crippen MR) is 92.8 cm³/mol. The Hall–Kier alpha value is -2.14. The number of aromatic amines is 1. The van der Waals surface area contributed by atoms with Gasteiger partial charge in [-0.3, -0.25) is 9.89 Å². The van der Waals surface area contributed by atoms with Gasteiger partial charge >= 0.3 is 0 Å². The number of aromatic nitrogens is 2. The SMILES string of the molecule is CCN(Cc1ccc(C)cc1)C(=O)c1n[nH]c2c1C[C@H](C)O[C@@H]2C. The number of rotatable bonds is 4. The zero-order valence-corrected chi connectivity index (χ0v) is 14.8. The lowest BCUT2D eigenvalue weighted by molar-refractivity contribution is -0.00702. The van der Waals surface area contributed by atoms with Gasteiger partial charge in [-0.25, -0.2) is 0 Å². The number of carbonyl (C=O) groups excluding carboxylic acids is 1. The van der Waals surface area contributed by atoms with Crippen LogP contribution in [0.25, 0.3) is 0 Å². The Balaban J connectivity index is 1.83. The van der Waals surface area contributed by atoms with E-state index in [4.69, 9.17) is 4.74 Å². The van der Waals surface area contributed by atoms with Crippen molar-refractivity contribution in [3.05, 3.63) is 52.3 Å². The lowest BCUT2D eigenvalue weighted by Crippen LogP contribution is -2.32. The van der Waals surface area contributed by atoms with Gasteiger partial charge in [0.15, 0.2) is 5.69 Å². The molecule has 128 valence electrons. The Morgan fingerprint density at radius 1 is 1.33 bits per heavy atom. The number of hydrogen-bond acceptors (Lipinski definition) is 3. The van der Waals surface area contributed by atoms with Crippen LogP contribution in [0, 0.1) is 6.92 Å². The van der Waals surface area contributed by atoms with Gasteiger partial charge in [0, 0.05) is 25.1 Å². The van der Waals surface area contributed by atoms with Gasteiger partial charge in [-0.1, -0.05) is 29.8 Å². The Morgan fingerprint density at radius 3 is 2.71 bits per heavy atom. The van der Waals surface area contributed by atoms with E-state index in [0.29, 0.717) is 18.8 Å². The number of benzene rings is 1. The van der Waals surface area contributed by atoms with Crippen molar-refractivity contribution in [3.63, 3.8) is 0 Å². The van der Waals surface area contributed by atoms with Crippen LogP contribution in [0.3, 0.4) is 0 Å². The summed E-state index contributed by atoms with van der Waals surface area (Å²) in [7, 11) is 0. The second-order valence-electron chi connectivity index (χ2n) is 6.56. The topological polar surface area (TPSA) is 58.2 Å². The number of hydrogen-bond donors (Lipinski definition) is 1. The fourth-order valence-electron chi connectivity index (χ4n) is 3.24. The van der Waals surface area contributed by atoms with Crippen molar-refractivity contribution in [2.45, 2.75) is 52.9 Å². The van der Waals surface area contributed by atoms with Crippen molar-refractivity contribution >= 4 is 5.91 Å². The van der Waals surface area contributed by atoms with Crippen LogP contribution in [-0.2, 0) is 17.7 Å². The third-order valence-corrected chi connectivity index (χ3v) is 4.60. The van der Waals surface area contributed by atoms with E-state index in [1.165, 1.54) is 5.56 Å². The molecule has 5 nitrogen and oxygen atoms in total. The van der Waals surface area contributed by atoms with Gasteiger partial charge in [-0.2, -0.15) is 5.10 Å². The van der Waals surface area contributed by atoms with Crippen LogP contribution in [0.5, 0.6) is 0 Å². The summed E-state index contributed by atoms with van der Waals surface area (Å²) in [6.45, 7) is 9.33. The summed E-state index contributed by atoms with van der Waals surface area (Å²) < 4.78 is 5.80. The highest BCUT2D eigenvalue weighted by atomic mass is 16.5. The highest BCUT2D eigenvalue weighted by Crippen LogP contribution is 2.30. The van der Waals surface area contributed by atoms with E-state index in [1.54, 1.807) is 0 Å². The highest BCUT2D eigenvalue weighted by Gasteiger charge is 2.31. The molecule has 0 spiro atoms. The molecule has 1 amide bonds. The minimum Gasteiger partial charge on any atom is -0.369 e. The van der Waals surface area contributed by atoms with E-state index < -0.39 is 0 Å². The van der Waals surface area contributed by atoms with Gasteiger partial charge < -0.3 is 9.64 Å². The molecule has 1 aromatic carbocycles. The van der Waals surface area contributed by atoms with E-state index in [-0.39, 0.29) is 18.1 Å². The molecular formula is C19H25N3O2. The van der Waals surface area contributed by atoms with Crippen LogP contribution < -0.4 is 0 Å². The molecule has 0 saturated carbocycles. The molecule has 3 rings (SSSR count). The van der Waals surface area contributed by atoms with Crippen LogP contribution in [0.15, 0.2) is 24.3 Å². The van der Waals surface area contributed by atoms with E-state index in [0.717, 1.165) is 23.2 Å². The standard InChI is InChI=1S/C19H25N3O2/c1-5-22(11-15-8-6-12(2)7-9-15)19(23)18-16-10-13(3)24-14(4)17(16)20-21-18/h6-9,13-14H,5,10-11H2,1-4H3,(H,20,21)/t13-,14+/m0/s1. The summed E-state index contributed by atoms with van der Waals surface area (Å²) in [6, 6.07) is 8.29. The Kier molecular flexibility index (Phi) is 4.71. The van der Waals surface area contributed by atoms with Crippen LogP contribution in [-0.4, -0.2) is 33.7 Å². The monoisotopic (exact) mass is 327 g/mol. The van der Waals surface area contributed by atoms with Crippen LogP contribution in [0.4, 0.5) is 0 Å². The second-order valence-corrected chi connectivity index (χ2v) is 6.56. The maximum absolute atomic E-state index is 13.0. The molecule has 1 aliphatic heterocycles. The van der Waals surface area contributed by atoms with Crippen LogP contribution in [0.2, 0.25) is 0 Å². The zero-order chi connectivity index (χ0) is 17.3. The van der Waals surface area contributed by atoms with Crippen molar-refractivity contribution in [3.8, 4) is 0 Å². The molecular weight excluding hydrogens is 302 g/mol. The zero-order valence-electron chi connectivity index (χ0n) is 14.8. The molecule has 0 fully saturated rings. The smallest absolute Gasteiger partial charge is 0.274 e. The quantitative estimate of drug-likeness (QED) is 0.936. The maximum atomic E-state index is 13.0. The van der Waals surface area contributed by atoms with Gasteiger partial charge in [0.05, 0.1) is 17.9 Å². The van der Waals surface area contributed by atoms with Crippen molar-refractivity contribution < 1.29 is 9.53 Å². The van der Waals surface area contributed by atoms with Crippen molar-refractivity contribution in [2.24, 2.45) is 0 Å². The van der Waals surface area contributed by atoms with Gasteiger partial charge in [0.2, 0.25) is 0 Å². The van der Waals surface area contributed by atoms with Gasteiger partial charge in [-0.15, -0.1) is 0 Å². The normalized spacial score (nSPS) is 19.8. The fourth-order valence-corrected chi connectivity index (χ4v) is 3.24. The summed E-state index contributed by atoms with van der Waals surface area (Å²) >= 11 is 0. The lowest BCUT2D eigenvalue weighted by atomic mass is 9.99. The number of H-pyrrole nitrogens is 1. The van der Waals surface area contributed by atoms with E-state index in [9.17, 15) is 4.79 Å². The van der Waals surface area contributed by atoms with Crippen molar-refractivity contribution in [2.75, 3.05) is 6.54 Å². The fraction of sp³-hybridized carbons (Fsp3) is 0.474. The summed E-state index contributed by atoms with van der Waals surface area (Å²) in [5, 5.41) is 7.32. The molecule has 1 aromatic heterocycles. The molecule has 24 heavy (non-hydrogen) atoms. The van der Waals surface area contributed by atoms with Crippen LogP contribution in [0.1, 0.15) is 59.7 Å².